The fourth-order valence-corrected chi connectivity index (χ4v) is 3.59. The van der Waals surface area contributed by atoms with Crippen molar-refractivity contribution in [2.45, 2.75) is 52.0 Å². The molecule has 2 heterocycles. The lowest BCUT2D eigenvalue weighted by molar-refractivity contribution is 0.621. The maximum Gasteiger partial charge on any atom is 0.135 e. The smallest absolute Gasteiger partial charge is 0.135 e. The lowest BCUT2D eigenvalue weighted by Crippen LogP contribution is -2.30. The Balaban J connectivity index is 2.09. The molecule has 1 aliphatic rings. The van der Waals surface area contributed by atoms with E-state index >= 15 is 0 Å². The molecule has 118 valence electrons. The summed E-state index contributed by atoms with van der Waals surface area (Å²) in [5, 5.41) is 6.82. The molecular formula is C15H26N4OS. The maximum atomic E-state index is 11.4. The van der Waals surface area contributed by atoms with Gasteiger partial charge in [0.1, 0.15) is 17.5 Å². The molecule has 0 unspecified atom stereocenters. The largest absolute Gasteiger partial charge is 0.370 e. The average Bonchev–Trinajstić information content (AvgIpc) is 2.47. The minimum absolute atomic E-state index is 0.299. The Bertz CT molecular complexity index is 483. The third kappa shape index (κ3) is 4.95. The van der Waals surface area contributed by atoms with Gasteiger partial charge in [-0.15, -0.1) is 0 Å². The molecule has 0 atom stereocenters. The summed E-state index contributed by atoms with van der Waals surface area (Å²) in [6.07, 6.45) is 2.97. The Hall–Kier alpha value is -1.17. The van der Waals surface area contributed by atoms with Crippen molar-refractivity contribution in [1.82, 2.24) is 9.97 Å². The fourth-order valence-electron chi connectivity index (χ4n) is 2.29. The average molecular weight is 310 g/mol. The summed E-state index contributed by atoms with van der Waals surface area (Å²) in [6, 6.07) is 2.35. The standard InChI is InChI=1S/C15H26N4OS/c1-4-7-16-13-10-14(19-15(18-13)11(2)3)17-12-5-8-21(20)9-6-12/h10-12H,4-9H2,1-3H3,(H2,16,17,18,19). The highest BCUT2D eigenvalue weighted by atomic mass is 32.2. The molecule has 0 aromatic carbocycles. The number of hydrogen-bond donors (Lipinski definition) is 2. The van der Waals surface area contributed by atoms with E-state index in [9.17, 15) is 4.21 Å². The first kappa shape index (κ1) is 16.2. The van der Waals surface area contributed by atoms with Gasteiger partial charge in [0, 0.05) is 46.9 Å². The van der Waals surface area contributed by atoms with E-state index in [1.807, 2.05) is 6.07 Å². The van der Waals surface area contributed by atoms with Crippen molar-refractivity contribution in [3.05, 3.63) is 11.9 Å². The first-order valence-corrected chi connectivity index (χ1v) is 9.31. The number of rotatable bonds is 6. The molecule has 1 fully saturated rings. The highest BCUT2D eigenvalue weighted by molar-refractivity contribution is 7.85. The van der Waals surface area contributed by atoms with Gasteiger partial charge in [-0.1, -0.05) is 20.8 Å². The van der Waals surface area contributed by atoms with Crippen LogP contribution in [0, 0.1) is 0 Å². The molecule has 2 N–H and O–H groups in total. The first-order valence-electron chi connectivity index (χ1n) is 7.83. The van der Waals surface area contributed by atoms with Gasteiger partial charge in [-0.3, -0.25) is 4.21 Å². The Morgan fingerprint density at radius 2 is 1.95 bits per heavy atom. The SMILES string of the molecule is CCCNc1cc(NC2CCS(=O)CC2)nc(C(C)C)n1. The Morgan fingerprint density at radius 1 is 1.29 bits per heavy atom. The number of aromatic nitrogens is 2. The van der Waals surface area contributed by atoms with Crippen LogP contribution in [-0.4, -0.2) is 38.3 Å². The van der Waals surface area contributed by atoms with Crippen LogP contribution in [0.25, 0.3) is 0 Å². The van der Waals surface area contributed by atoms with E-state index in [0.29, 0.717) is 12.0 Å². The van der Waals surface area contributed by atoms with Gasteiger partial charge in [0.2, 0.25) is 0 Å². The number of nitrogens with zero attached hydrogens (tertiary/aromatic N) is 2. The summed E-state index contributed by atoms with van der Waals surface area (Å²) in [4.78, 5) is 9.18. The molecule has 1 aliphatic heterocycles. The van der Waals surface area contributed by atoms with Gasteiger partial charge in [-0.2, -0.15) is 0 Å². The molecule has 1 saturated heterocycles. The molecule has 0 spiro atoms. The molecule has 2 rings (SSSR count). The lowest BCUT2D eigenvalue weighted by atomic mass is 10.1. The molecule has 0 aliphatic carbocycles. The summed E-state index contributed by atoms with van der Waals surface area (Å²) >= 11 is 0. The third-order valence-electron chi connectivity index (χ3n) is 3.56. The van der Waals surface area contributed by atoms with Gasteiger partial charge in [0.15, 0.2) is 0 Å². The second-order valence-corrected chi connectivity index (χ2v) is 7.54. The van der Waals surface area contributed by atoms with Crippen LogP contribution < -0.4 is 10.6 Å². The zero-order valence-electron chi connectivity index (χ0n) is 13.2. The molecule has 6 heteroatoms. The number of anilines is 2. The lowest BCUT2D eigenvalue weighted by Gasteiger charge is -2.23. The second-order valence-electron chi connectivity index (χ2n) is 5.84. The molecule has 21 heavy (non-hydrogen) atoms. The topological polar surface area (TPSA) is 66.9 Å². The van der Waals surface area contributed by atoms with E-state index in [-0.39, 0.29) is 0 Å². The molecule has 5 nitrogen and oxygen atoms in total. The van der Waals surface area contributed by atoms with Crippen LogP contribution >= 0.6 is 0 Å². The van der Waals surface area contributed by atoms with Gasteiger partial charge in [0.05, 0.1) is 0 Å². The number of hydrogen-bond acceptors (Lipinski definition) is 5. The monoisotopic (exact) mass is 310 g/mol. The minimum atomic E-state index is -0.624. The maximum absolute atomic E-state index is 11.4. The van der Waals surface area contributed by atoms with Crippen molar-refractivity contribution in [3.63, 3.8) is 0 Å². The fraction of sp³-hybridized carbons (Fsp3) is 0.733. The van der Waals surface area contributed by atoms with E-state index in [1.54, 1.807) is 0 Å². The normalized spacial score (nSPS) is 22.3. The summed E-state index contributed by atoms with van der Waals surface area (Å²) in [6.45, 7) is 7.26. The van der Waals surface area contributed by atoms with Crippen LogP contribution in [0.3, 0.4) is 0 Å². The highest BCUT2D eigenvalue weighted by Crippen LogP contribution is 2.20. The molecule has 1 aromatic rings. The Labute approximate surface area is 129 Å². The van der Waals surface area contributed by atoms with Crippen molar-refractivity contribution in [2.75, 3.05) is 28.7 Å². The van der Waals surface area contributed by atoms with Gasteiger partial charge < -0.3 is 10.6 Å². The van der Waals surface area contributed by atoms with E-state index in [0.717, 1.165) is 54.8 Å². The van der Waals surface area contributed by atoms with E-state index < -0.39 is 10.8 Å². The van der Waals surface area contributed by atoms with E-state index in [1.165, 1.54) is 0 Å². The summed E-state index contributed by atoms with van der Waals surface area (Å²) in [5.74, 6) is 4.51. The molecule has 0 radical (unpaired) electrons. The zero-order chi connectivity index (χ0) is 15.2. The Morgan fingerprint density at radius 3 is 2.57 bits per heavy atom. The first-order chi connectivity index (χ1) is 10.1. The molecule has 0 amide bonds. The van der Waals surface area contributed by atoms with Gasteiger partial charge in [0.25, 0.3) is 0 Å². The van der Waals surface area contributed by atoms with Crippen molar-refractivity contribution >= 4 is 22.4 Å². The van der Waals surface area contributed by atoms with E-state index in [4.69, 9.17) is 0 Å². The quantitative estimate of drug-likeness (QED) is 0.845. The van der Waals surface area contributed by atoms with Gasteiger partial charge >= 0.3 is 0 Å². The van der Waals surface area contributed by atoms with Crippen molar-refractivity contribution in [3.8, 4) is 0 Å². The molecule has 0 bridgehead atoms. The second kappa shape index (κ2) is 7.73. The van der Waals surface area contributed by atoms with Gasteiger partial charge in [-0.25, -0.2) is 9.97 Å². The molecule has 1 aromatic heterocycles. The van der Waals surface area contributed by atoms with E-state index in [2.05, 4.69) is 41.4 Å². The van der Waals surface area contributed by atoms with Gasteiger partial charge in [-0.05, 0) is 19.3 Å². The zero-order valence-corrected chi connectivity index (χ0v) is 14.0. The summed E-state index contributed by atoms with van der Waals surface area (Å²) in [5.41, 5.74) is 0. The summed E-state index contributed by atoms with van der Waals surface area (Å²) in [7, 11) is -0.624. The van der Waals surface area contributed by atoms with Crippen LogP contribution in [-0.2, 0) is 10.8 Å². The summed E-state index contributed by atoms with van der Waals surface area (Å²) < 4.78 is 11.4. The number of nitrogens with one attached hydrogen (secondary N) is 2. The molecular weight excluding hydrogens is 284 g/mol. The van der Waals surface area contributed by atoms with Crippen LogP contribution in [0.5, 0.6) is 0 Å². The predicted molar refractivity (Wildman–Crippen MR) is 89.4 cm³/mol. The highest BCUT2D eigenvalue weighted by Gasteiger charge is 2.18. The third-order valence-corrected chi connectivity index (χ3v) is 4.94. The van der Waals surface area contributed by atoms with Crippen LogP contribution in [0.1, 0.15) is 51.8 Å². The predicted octanol–water partition coefficient (Wildman–Crippen LogP) is 2.74. The van der Waals surface area contributed by atoms with Crippen molar-refractivity contribution in [1.29, 1.82) is 0 Å². The van der Waals surface area contributed by atoms with Crippen LogP contribution in [0.15, 0.2) is 6.07 Å². The molecule has 0 saturated carbocycles. The Kier molecular flexibility index (Phi) is 5.96. The van der Waals surface area contributed by atoms with Crippen molar-refractivity contribution in [2.24, 2.45) is 0 Å². The van der Waals surface area contributed by atoms with Crippen LogP contribution in [0.2, 0.25) is 0 Å². The van der Waals surface area contributed by atoms with Crippen LogP contribution in [0.4, 0.5) is 11.6 Å². The minimum Gasteiger partial charge on any atom is -0.370 e. The van der Waals surface area contributed by atoms with Crippen molar-refractivity contribution < 1.29 is 4.21 Å².